The SMILES string of the molecule is CC(C)[C@@H](NC(=O)c1ccco1)C(=O)NCC[NH+](C(C)C)C(C)C. The van der Waals surface area contributed by atoms with Crippen molar-refractivity contribution < 1.29 is 18.9 Å². The van der Waals surface area contributed by atoms with Gasteiger partial charge in [0.15, 0.2) is 5.76 Å². The molecular formula is C18H32N3O3+. The summed E-state index contributed by atoms with van der Waals surface area (Å²) >= 11 is 0. The van der Waals surface area contributed by atoms with E-state index in [9.17, 15) is 9.59 Å². The zero-order chi connectivity index (χ0) is 18.3. The highest BCUT2D eigenvalue weighted by Gasteiger charge is 2.26. The second kappa shape index (κ2) is 9.47. The molecule has 6 heteroatoms. The van der Waals surface area contributed by atoms with Crippen molar-refractivity contribution in [1.82, 2.24) is 10.6 Å². The van der Waals surface area contributed by atoms with Crippen LogP contribution in [0.5, 0.6) is 0 Å². The maximum absolute atomic E-state index is 12.4. The summed E-state index contributed by atoms with van der Waals surface area (Å²) in [6.45, 7) is 14.0. The number of hydrogen-bond acceptors (Lipinski definition) is 3. The molecular weight excluding hydrogens is 306 g/mol. The molecule has 0 saturated carbocycles. The molecule has 0 fully saturated rings. The number of quaternary nitrogens is 1. The molecule has 0 bridgehead atoms. The van der Waals surface area contributed by atoms with Gasteiger partial charge in [-0.05, 0) is 45.7 Å². The first kappa shape index (κ1) is 20.2. The topological polar surface area (TPSA) is 75.8 Å². The maximum atomic E-state index is 12.4. The first-order chi connectivity index (χ1) is 11.2. The molecule has 6 nitrogen and oxygen atoms in total. The Balaban J connectivity index is 2.56. The lowest BCUT2D eigenvalue weighted by atomic mass is 10.0. The molecule has 0 aliphatic heterocycles. The summed E-state index contributed by atoms with van der Waals surface area (Å²) in [6.07, 6.45) is 1.44. The average molecular weight is 338 g/mol. The van der Waals surface area contributed by atoms with Gasteiger partial charge in [0.2, 0.25) is 5.91 Å². The lowest BCUT2D eigenvalue weighted by Crippen LogP contribution is -3.18. The van der Waals surface area contributed by atoms with Crippen molar-refractivity contribution >= 4 is 11.8 Å². The summed E-state index contributed by atoms with van der Waals surface area (Å²) in [5, 5.41) is 5.70. The van der Waals surface area contributed by atoms with Gasteiger partial charge in [0.05, 0.1) is 31.4 Å². The lowest BCUT2D eigenvalue weighted by molar-refractivity contribution is -0.941. The summed E-state index contributed by atoms with van der Waals surface area (Å²) in [4.78, 5) is 26.0. The van der Waals surface area contributed by atoms with E-state index in [-0.39, 0.29) is 23.5 Å². The van der Waals surface area contributed by atoms with Gasteiger partial charge >= 0.3 is 0 Å². The van der Waals surface area contributed by atoms with Gasteiger partial charge < -0.3 is 20.0 Å². The molecule has 1 atom stereocenters. The van der Waals surface area contributed by atoms with Gasteiger partial charge in [-0.3, -0.25) is 9.59 Å². The minimum atomic E-state index is -0.579. The number of carbonyl (C=O) groups is 2. The minimum absolute atomic E-state index is 0.0115. The molecule has 0 spiro atoms. The van der Waals surface area contributed by atoms with E-state index in [1.807, 2.05) is 13.8 Å². The Morgan fingerprint density at radius 1 is 1.12 bits per heavy atom. The number of furan rings is 1. The number of rotatable bonds is 9. The summed E-state index contributed by atoms with van der Waals surface area (Å²) in [5.41, 5.74) is 0. The van der Waals surface area contributed by atoms with Crippen molar-refractivity contribution in [3.05, 3.63) is 24.2 Å². The summed E-state index contributed by atoms with van der Waals surface area (Å²) in [6, 6.07) is 3.65. The maximum Gasteiger partial charge on any atom is 0.287 e. The molecule has 0 unspecified atom stereocenters. The van der Waals surface area contributed by atoms with E-state index in [2.05, 4.69) is 38.3 Å². The van der Waals surface area contributed by atoms with Crippen LogP contribution in [-0.2, 0) is 4.79 Å². The van der Waals surface area contributed by atoms with Crippen molar-refractivity contribution in [1.29, 1.82) is 0 Å². The molecule has 0 aliphatic carbocycles. The van der Waals surface area contributed by atoms with Gasteiger partial charge in [0, 0.05) is 0 Å². The molecule has 0 radical (unpaired) electrons. The van der Waals surface area contributed by atoms with E-state index in [4.69, 9.17) is 4.42 Å². The smallest absolute Gasteiger partial charge is 0.287 e. The fraction of sp³-hybridized carbons (Fsp3) is 0.667. The first-order valence-corrected chi connectivity index (χ1v) is 8.71. The van der Waals surface area contributed by atoms with Crippen LogP contribution in [0.1, 0.15) is 52.1 Å². The summed E-state index contributed by atoms with van der Waals surface area (Å²) in [7, 11) is 0. The highest BCUT2D eigenvalue weighted by molar-refractivity contribution is 5.95. The Labute approximate surface area is 145 Å². The third kappa shape index (κ3) is 6.00. The second-order valence-corrected chi connectivity index (χ2v) is 7.10. The van der Waals surface area contributed by atoms with Gasteiger partial charge in [0.25, 0.3) is 5.91 Å². The highest BCUT2D eigenvalue weighted by Crippen LogP contribution is 2.05. The fourth-order valence-electron chi connectivity index (χ4n) is 2.84. The molecule has 24 heavy (non-hydrogen) atoms. The summed E-state index contributed by atoms with van der Waals surface area (Å²) < 4.78 is 5.07. The second-order valence-electron chi connectivity index (χ2n) is 7.10. The first-order valence-electron chi connectivity index (χ1n) is 8.71. The minimum Gasteiger partial charge on any atom is -0.459 e. The largest absolute Gasteiger partial charge is 0.459 e. The fourth-order valence-corrected chi connectivity index (χ4v) is 2.84. The highest BCUT2D eigenvalue weighted by atomic mass is 16.3. The predicted molar refractivity (Wildman–Crippen MR) is 93.9 cm³/mol. The Morgan fingerprint density at radius 2 is 1.75 bits per heavy atom. The molecule has 1 heterocycles. The van der Waals surface area contributed by atoms with Crippen LogP contribution in [0.15, 0.2) is 22.8 Å². The number of carbonyl (C=O) groups excluding carboxylic acids is 2. The van der Waals surface area contributed by atoms with Gasteiger partial charge in [-0.2, -0.15) is 0 Å². The third-order valence-corrected chi connectivity index (χ3v) is 4.18. The number of amides is 2. The third-order valence-electron chi connectivity index (χ3n) is 4.18. The molecule has 0 saturated heterocycles. The Hall–Kier alpha value is -1.82. The van der Waals surface area contributed by atoms with Crippen LogP contribution in [0, 0.1) is 5.92 Å². The van der Waals surface area contributed by atoms with E-state index >= 15 is 0 Å². The van der Waals surface area contributed by atoms with E-state index in [0.29, 0.717) is 18.6 Å². The zero-order valence-corrected chi connectivity index (χ0v) is 15.7. The van der Waals surface area contributed by atoms with Gasteiger partial charge in [0.1, 0.15) is 6.04 Å². The van der Waals surface area contributed by atoms with Gasteiger partial charge in [-0.15, -0.1) is 0 Å². The molecule has 1 rings (SSSR count). The van der Waals surface area contributed by atoms with Crippen LogP contribution >= 0.6 is 0 Å². The van der Waals surface area contributed by atoms with Crippen molar-refractivity contribution in [2.24, 2.45) is 5.92 Å². The molecule has 0 aromatic carbocycles. The van der Waals surface area contributed by atoms with Crippen LogP contribution < -0.4 is 15.5 Å². The molecule has 3 N–H and O–H groups in total. The van der Waals surface area contributed by atoms with Crippen LogP contribution in [0.4, 0.5) is 0 Å². The van der Waals surface area contributed by atoms with Crippen molar-refractivity contribution in [2.75, 3.05) is 13.1 Å². The molecule has 0 aliphatic rings. The Bertz CT molecular complexity index is 502. The van der Waals surface area contributed by atoms with E-state index in [1.54, 1.807) is 12.1 Å². The molecule has 136 valence electrons. The molecule has 2 amide bonds. The van der Waals surface area contributed by atoms with E-state index in [0.717, 1.165) is 6.54 Å². The monoisotopic (exact) mass is 338 g/mol. The van der Waals surface area contributed by atoms with Crippen LogP contribution in [0.3, 0.4) is 0 Å². The quantitative estimate of drug-likeness (QED) is 0.625. The van der Waals surface area contributed by atoms with Crippen LogP contribution in [0.2, 0.25) is 0 Å². The Kier molecular flexibility index (Phi) is 7.98. The zero-order valence-electron chi connectivity index (χ0n) is 15.7. The standard InChI is InChI=1S/C18H31N3O3/c1-12(2)16(20-17(22)15-8-7-11-24-15)18(23)19-9-10-21(13(3)4)14(5)6/h7-8,11-14,16H,9-10H2,1-6H3,(H,19,23)(H,20,22)/p+1/t16-/m1/s1. The number of nitrogens with one attached hydrogen (secondary N) is 3. The van der Waals surface area contributed by atoms with Crippen molar-refractivity contribution in [3.63, 3.8) is 0 Å². The van der Waals surface area contributed by atoms with E-state index < -0.39 is 6.04 Å². The van der Waals surface area contributed by atoms with Gasteiger partial charge in [-0.25, -0.2) is 0 Å². The van der Waals surface area contributed by atoms with Crippen molar-refractivity contribution in [3.8, 4) is 0 Å². The van der Waals surface area contributed by atoms with Crippen molar-refractivity contribution in [2.45, 2.75) is 59.7 Å². The lowest BCUT2D eigenvalue weighted by Gasteiger charge is -2.28. The predicted octanol–water partition coefficient (Wildman–Crippen LogP) is 0.852. The summed E-state index contributed by atoms with van der Waals surface area (Å²) in [5.74, 6) is -0.325. The number of hydrogen-bond donors (Lipinski definition) is 3. The normalized spacial score (nSPS) is 12.9. The van der Waals surface area contributed by atoms with Gasteiger partial charge in [-0.1, -0.05) is 13.8 Å². The van der Waals surface area contributed by atoms with E-state index in [1.165, 1.54) is 11.2 Å². The average Bonchev–Trinajstić information content (AvgIpc) is 3.01. The molecule has 1 aromatic rings. The Morgan fingerprint density at radius 3 is 2.21 bits per heavy atom. The molecule has 1 aromatic heterocycles. The van der Waals surface area contributed by atoms with Crippen LogP contribution in [-0.4, -0.2) is 43.0 Å². The van der Waals surface area contributed by atoms with Crippen LogP contribution in [0.25, 0.3) is 0 Å².